The van der Waals surface area contributed by atoms with Crippen LogP contribution in [0.4, 0.5) is 16.6 Å². The normalized spacial score (nSPS) is 21.5. The summed E-state index contributed by atoms with van der Waals surface area (Å²) < 4.78 is 5.07. The molecule has 1 aromatic heterocycles. The first-order valence-electron chi connectivity index (χ1n) is 9.85. The molecular formula is C18H30N6O2. The Kier molecular flexibility index (Phi) is 6.46. The Morgan fingerprint density at radius 3 is 2.77 bits per heavy atom. The third-order valence-corrected chi connectivity index (χ3v) is 5.28. The number of hydrogen-bond donors (Lipinski definition) is 1. The molecule has 2 aliphatic heterocycles. The zero-order chi connectivity index (χ0) is 18.4. The van der Waals surface area contributed by atoms with Crippen LogP contribution in [-0.2, 0) is 4.74 Å². The van der Waals surface area contributed by atoms with Crippen LogP contribution in [0, 0.1) is 0 Å². The van der Waals surface area contributed by atoms with Crippen molar-refractivity contribution in [2.24, 2.45) is 0 Å². The molecule has 2 saturated heterocycles. The molecule has 3 rings (SSSR count). The summed E-state index contributed by atoms with van der Waals surface area (Å²) in [5.74, 6) is 1.50. The van der Waals surface area contributed by atoms with Crippen LogP contribution in [0.25, 0.3) is 0 Å². The maximum atomic E-state index is 11.8. The number of anilines is 2. The van der Waals surface area contributed by atoms with Gasteiger partial charge in [0.2, 0.25) is 5.95 Å². The van der Waals surface area contributed by atoms with Gasteiger partial charge in [-0.15, -0.1) is 5.10 Å². The fourth-order valence-corrected chi connectivity index (χ4v) is 3.80. The first-order chi connectivity index (χ1) is 12.7. The van der Waals surface area contributed by atoms with Gasteiger partial charge in [0.15, 0.2) is 5.82 Å². The Balaban J connectivity index is 1.57. The lowest BCUT2D eigenvalue weighted by Gasteiger charge is -2.35. The second kappa shape index (κ2) is 9.00. The van der Waals surface area contributed by atoms with E-state index in [2.05, 4.69) is 27.3 Å². The number of rotatable bonds is 5. The van der Waals surface area contributed by atoms with Crippen molar-refractivity contribution in [2.75, 3.05) is 36.5 Å². The second-order valence-corrected chi connectivity index (χ2v) is 7.00. The minimum absolute atomic E-state index is 0.215. The Bertz CT molecular complexity index is 591. The first kappa shape index (κ1) is 18.7. The first-order valence-corrected chi connectivity index (χ1v) is 9.85. The number of likely N-dealkylation sites (tertiary alicyclic amines) is 1. The van der Waals surface area contributed by atoms with Crippen LogP contribution < -0.4 is 10.2 Å². The zero-order valence-corrected chi connectivity index (χ0v) is 15.9. The van der Waals surface area contributed by atoms with Gasteiger partial charge in [0.1, 0.15) is 0 Å². The monoisotopic (exact) mass is 362 g/mol. The summed E-state index contributed by atoms with van der Waals surface area (Å²) in [6.07, 6.45) is 7.98. The molecule has 0 aliphatic carbocycles. The van der Waals surface area contributed by atoms with Crippen molar-refractivity contribution in [3.63, 3.8) is 0 Å². The fraction of sp³-hybridized carbons (Fsp3) is 0.778. The molecule has 2 aliphatic rings. The van der Waals surface area contributed by atoms with Gasteiger partial charge >= 0.3 is 6.09 Å². The minimum atomic E-state index is -0.215. The topological polar surface area (TPSA) is 83.5 Å². The van der Waals surface area contributed by atoms with E-state index in [1.807, 2.05) is 6.92 Å². The number of nitrogens with zero attached hydrogens (tertiary/aromatic N) is 5. The lowest BCUT2D eigenvalue weighted by atomic mass is 10.0. The molecule has 1 aromatic rings. The summed E-state index contributed by atoms with van der Waals surface area (Å²) in [7, 11) is 0. The molecule has 26 heavy (non-hydrogen) atoms. The maximum Gasteiger partial charge on any atom is 0.409 e. The van der Waals surface area contributed by atoms with E-state index in [4.69, 9.17) is 9.72 Å². The molecule has 0 bridgehead atoms. The summed E-state index contributed by atoms with van der Waals surface area (Å²) in [6, 6.07) is 0.794. The summed E-state index contributed by atoms with van der Waals surface area (Å²) in [6.45, 7) is 6.87. The second-order valence-electron chi connectivity index (χ2n) is 7.00. The highest BCUT2D eigenvalue weighted by Gasteiger charge is 2.26. The predicted molar refractivity (Wildman–Crippen MR) is 100 cm³/mol. The largest absolute Gasteiger partial charge is 0.450 e. The van der Waals surface area contributed by atoms with E-state index in [1.165, 1.54) is 19.3 Å². The van der Waals surface area contributed by atoms with E-state index in [-0.39, 0.29) is 12.1 Å². The highest BCUT2D eigenvalue weighted by Crippen LogP contribution is 2.24. The molecule has 144 valence electrons. The summed E-state index contributed by atoms with van der Waals surface area (Å²) in [5.41, 5.74) is 0. The maximum absolute atomic E-state index is 11.8. The van der Waals surface area contributed by atoms with Crippen LogP contribution in [0.15, 0.2) is 6.20 Å². The molecule has 1 atom stereocenters. The Hall–Kier alpha value is -2.12. The van der Waals surface area contributed by atoms with Crippen LogP contribution in [-0.4, -0.2) is 64.5 Å². The van der Waals surface area contributed by atoms with Gasteiger partial charge in [-0.2, -0.15) is 10.1 Å². The predicted octanol–water partition coefficient (Wildman–Crippen LogP) is 2.67. The molecule has 3 heterocycles. The summed E-state index contributed by atoms with van der Waals surface area (Å²) in [5, 5.41) is 11.9. The third-order valence-electron chi connectivity index (χ3n) is 5.28. The van der Waals surface area contributed by atoms with Crippen molar-refractivity contribution in [1.82, 2.24) is 20.1 Å². The number of piperidine rings is 2. The highest BCUT2D eigenvalue weighted by atomic mass is 16.6. The van der Waals surface area contributed by atoms with Gasteiger partial charge in [-0.1, -0.05) is 6.92 Å². The van der Waals surface area contributed by atoms with Crippen LogP contribution >= 0.6 is 0 Å². The molecule has 0 radical (unpaired) electrons. The van der Waals surface area contributed by atoms with E-state index in [1.54, 1.807) is 11.1 Å². The van der Waals surface area contributed by atoms with E-state index in [0.29, 0.717) is 25.7 Å². The van der Waals surface area contributed by atoms with Crippen molar-refractivity contribution in [2.45, 2.75) is 64.5 Å². The molecule has 0 aromatic carbocycles. The van der Waals surface area contributed by atoms with E-state index in [0.717, 1.165) is 37.6 Å². The Morgan fingerprint density at radius 1 is 1.23 bits per heavy atom. The van der Waals surface area contributed by atoms with Crippen LogP contribution in [0.3, 0.4) is 0 Å². The zero-order valence-electron chi connectivity index (χ0n) is 15.9. The average molecular weight is 362 g/mol. The number of carbonyl (C=O) groups excluding carboxylic acids is 1. The molecule has 2 fully saturated rings. The molecule has 1 amide bonds. The van der Waals surface area contributed by atoms with Gasteiger partial charge in [-0.3, -0.25) is 0 Å². The van der Waals surface area contributed by atoms with Gasteiger partial charge in [0.05, 0.1) is 12.8 Å². The SMILES string of the molecule is CCOC(=O)N1CCC(Nc2cnnc(N3CCCCC3CC)n2)CC1. The molecule has 8 nitrogen and oxygen atoms in total. The number of aromatic nitrogens is 3. The average Bonchev–Trinajstić information content (AvgIpc) is 2.69. The number of nitrogens with one attached hydrogen (secondary N) is 1. The smallest absolute Gasteiger partial charge is 0.409 e. The van der Waals surface area contributed by atoms with Gasteiger partial charge in [0.25, 0.3) is 0 Å². The number of ether oxygens (including phenoxy) is 1. The number of hydrogen-bond acceptors (Lipinski definition) is 7. The summed E-state index contributed by atoms with van der Waals surface area (Å²) in [4.78, 5) is 20.6. The molecule has 0 spiro atoms. The van der Waals surface area contributed by atoms with E-state index >= 15 is 0 Å². The number of carbonyl (C=O) groups is 1. The Labute approximate surface area is 155 Å². The molecular weight excluding hydrogens is 332 g/mol. The third kappa shape index (κ3) is 4.53. The Morgan fingerprint density at radius 2 is 2.04 bits per heavy atom. The van der Waals surface area contributed by atoms with Crippen molar-refractivity contribution in [1.29, 1.82) is 0 Å². The quantitative estimate of drug-likeness (QED) is 0.862. The van der Waals surface area contributed by atoms with Gasteiger partial charge in [-0.05, 0) is 45.4 Å². The van der Waals surface area contributed by atoms with Crippen molar-refractivity contribution >= 4 is 17.9 Å². The minimum Gasteiger partial charge on any atom is -0.450 e. The molecule has 0 saturated carbocycles. The fourth-order valence-electron chi connectivity index (χ4n) is 3.80. The van der Waals surface area contributed by atoms with Gasteiger partial charge in [-0.25, -0.2) is 4.79 Å². The lowest BCUT2D eigenvalue weighted by Crippen LogP contribution is -2.43. The van der Waals surface area contributed by atoms with Crippen molar-refractivity contribution in [3.8, 4) is 0 Å². The van der Waals surface area contributed by atoms with Crippen LogP contribution in [0.1, 0.15) is 52.4 Å². The highest BCUT2D eigenvalue weighted by molar-refractivity contribution is 5.67. The van der Waals surface area contributed by atoms with Crippen molar-refractivity contribution < 1.29 is 9.53 Å². The molecule has 1 unspecified atom stereocenters. The lowest BCUT2D eigenvalue weighted by molar-refractivity contribution is 0.0983. The van der Waals surface area contributed by atoms with E-state index in [9.17, 15) is 4.79 Å². The standard InChI is InChI=1S/C18H30N6O2/c1-3-15-7-5-6-10-24(15)17-21-16(13-19-22-17)20-14-8-11-23(12-9-14)18(25)26-4-2/h13-15H,3-12H2,1-2H3,(H,20,21,22). The summed E-state index contributed by atoms with van der Waals surface area (Å²) >= 11 is 0. The molecule has 8 heteroatoms. The van der Waals surface area contributed by atoms with Crippen molar-refractivity contribution in [3.05, 3.63) is 6.20 Å². The van der Waals surface area contributed by atoms with Crippen LogP contribution in [0.2, 0.25) is 0 Å². The number of amides is 1. The molecule has 1 N–H and O–H groups in total. The van der Waals surface area contributed by atoms with Crippen LogP contribution in [0.5, 0.6) is 0 Å². The van der Waals surface area contributed by atoms with Gasteiger partial charge < -0.3 is 19.9 Å². The van der Waals surface area contributed by atoms with E-state index < -0.39 is 0 Å². The van der Waals surface area contributed by atoms with Gasteiger partial charge in [0, 0.05) is 31.7 Å².